The fourth-order valence-corrected chi connectivity index (χ4v) is 12.3. The predicted octanol–water partition coefficient (Wildman–Crippen LogP) is 9.08. The maximum absolute atomic E-state index is 12.9. The molecule has 5 aliphatic carbocycles. The average molecular weight is 555 g/mol. The van der Waals surface area contributed by atoms with Crippen LogP contribution in [0.2, 0.25) is 0 Å². The number of hydrogen-bond acceptors (Lipinski definition) is 3. The van der Waals surface area contributed by atoms with Crippen LogP contribution in [-0.2, 0) is 14.3 Å². The lowest BCUT2D eigenvalue weighted by Gasteiger charge is -2.73. The van der Waals surface area contributed by atoms with Crippen molar-refractivity contribution in [3.05, 3.63) is 12.2 Å². The quantitative estimate of drug-likeness (QED) is 0.272. The smallest absolute Gasteiger partial charge is 0.309 e. The molecule has 0 amide bonds. The molecule has 0 aromatic rings. The molecule has 226 valence electrons. The monoisotopic (exact) mass is 554 g/mol. The van der Waals surface area contributed by atoms with Crippen molar-refractivity contribution < 1.29 is 19.4 Å². The standard InChI is InChI=1S/C36H58O4/c1-22(2)23-13-16-33(7)19-20-35(9)24(29(23)33)11-12-26-34(8)17-15-27(40-28(37)21-31(3,4)30(38)39)32(5,6)25(34)14-18-36(26,35)10/h23-27,29H,1,11-21H2,2-10H3,(H,38,39)/t23-,24?,25-,26+,27-,29+,33+,34-,35+,36+/m0/s1. The Morgan fingerprint density at radius 1 is 0.850 bits per heavy atom. The van der Waals surface area contributed by atoms with Crippen molar-refractivity contribution >= 4 is 11.9 Å². The van der Waals surface area contributed by atoms with E-state index >= 15 is 0 Å². The van der Waals surface area contributed by atoms with Crippen molar-refractivity contribution in [3.63, 3.8) is 0 Å². The van der Waals surface area contributed by atoms with Gasteiger partial charge < -0.3 is 9.84 Å². The Labute approximate surface area is 244 Å². The van der Waals surface area contributed by atoms with E-state index in [1.54, 1.807) is 13.8 Å². The Morgan fingerprint density at radius 3 is 2.15 bits per heavy atom. The summed E-state index contributed by atoms with van der Waals surface area (Å²) in [6, 6.07) is 0. The lowest BCUT2D eigenvalue weighted by atomic mass is 9.32. The molecule has 0 aromatic heterocycles. The van der Waals surface area contributed by atoms with E-state index in [0.29, 0.717) is 34.0 Å². The summed E-state index contributed by atoms with van der Waals surface area (Å²) in [6.45, 7) is 25.2. The second kappa shape index (κ2) is 9.34. The molecular formula is C36H58O4. The molecule has 5 fully saturated rings. The summed E-state index contributed by atoms with van der Waals surface area (Å²) in [5.41, 5.74) is 1.59. The van der Waals surface area contributed by atoms with Crippen LogP contribution in [0, 0.1) is 62.1 Å². The number of carbonyl (C=O) groups excluding carboxylic acids is 1. The first-order chi connectivity index (χ1) is 18.3. The number of carboxylic acids is 1. The van der Waals surface area contributed by atoms with E-state index in [1.807, 2.05) is 0 Å². The number of ether oxygens (including phenoxy) is 1. The molecule has 0 bridgehead atoms. The summed E-state index contributed by atoms with van der Waals surface area (Å²) in [5.74, 6) is 2.14. The van der Waals surface area contributed by atoms with Crippen molar-refractivity contribution in [3.8, 4) is 0 Å². The van der Waals surface area contributed by atoms with Gasteiger partial charge in [-0.1, -0.05) is 53.7 Å². The van der Waals surface area contributed by atoms with E-state index in [2.05, 4.69) is 55.0 Å². The van der Waals surface area contributed by atoms with Gasteiger partial charge in [-0.2, -0.15) is 0 Å². The Kier molecular flexibility index (Phi) is 7.04. The zero-order valence-electron chi connectivity index (χ0n) is 27.1. The van der Waals surface area contributed by atoms with Crippen molar-refractivity contribution in [1.29, 1.82) is 0 Å². The van der Waals surface area contributed by atoms with Crippen LogP contribution in [0.25, 0.3) is 0 Å². The van der Waals surface area contributed by atoms with Gasteiger partial charge in [0.15, 0.2) is 0 Å². The molecule has 1 N–H and O–H groups in total. The Hall–Kier alpha value is -1.32. The van der Waals surface area contributed by atoms with Crippen LogP contribution in [0.3, 0.4) is 0 Å². The number of fused-ring (bicyclic) bond motifs is 7. The number of esters is 1. The van der Waals surface area contributed by atoms with Gasteiger partial charge in [-0.3, -0.25) is 9.59 Å². The topological polar surface area (TPSA) is 63.6 Å². The zero-order valence-corrected chi connectivity index (χ0v) is 27.1. The Balaban J connectivity index is 1.40. The summed E-state index contributed by atoms with van der Waals surface area (Å²) in [7, 11) is 0. The number of carbonyl (C=O) groups is 2. The normalized spacial score (nSPS) is 47.7. The van der Waals surface area contributed by atoms with Gasteiger partial charge in [0, 0.05) is 5.41 Å². The van der Waals surface area contributed by atoms with Crippen LogP contribution in [0.15, 0.2) is 12.2 Å². The Morgan fingerprint density at radius 2 is 1.52 bits per heavy atom. The van der Waals surface area contributed by atoms with Crippen LogP contribution in [0.1, 0.15) is 133 Å². The van der Waals surface area contributed by atoms with Gasteiger partial charge in [0.2, 0.25) is 0 Å². The van der Waals surface area contributed by atoms with Gasteiger partial charge in [0.05, 0.1) is 11.8 Å². The van der Waals surface area contributed by atoms with Crippen LogP contribution < -0.4 is 0 Å². The second-order valence-electron chi connectivity index (χ2n) is 17.5. The predicted molar refractivity (Wildman–Crippen MR) is 161 cm³/mol. The van der Waals surface area contributed by atoms with Crippen molar-refractivity contribution in [1.82, 2.24) is 0 Å². The largest absolute Gasteiger partial charge is 0.481 e. The van der Waals surface area contributed by atoms with Crippen molar-refractivity contribution in [2.24, 2.45) is 62.1 Å². The highest BCUT2D eigenvalue weighted by Gasteiger charge is 2.70. The number of aliphatic carboxylic acids is 1. The van der Waals surface area contributed by atoms with E-state index in [9.17, 15) is 14.7 Å². The maximum Gasteiger partial charge on any atom is 0.309 e. The summed E-state index contributed by atoms with van der Waals surface area (Å²) >= 11 is 0. The summed E-state index contributed by atoms with van der Waals surface area (Å²) in [5, 5.41) is 9.52. The molecule has 0 aromatic carbocycles. The number of carboxylic acid groups (broad SMARTS) is 1. The summed E-state index contributed by atoms with van der Waals surface area (Å²) in [4.78, 5) is 24.6. The van der Waals surface area contributed by atoms with E-state index in [-0.39, 0.29) is 29.3 Å². The molecule has 5 aliphatic rings. The second-order valence-corrected chi connectivity index (χ2v) is 17.5. The molecule has 0 aliphatic heterocycles. The first kappa shape index (κ1) is 30.1. The SMILES string of the molecule is C=C(C)[C@@H]1CC[C@]2(C)CC[C@]3(C)C(CC[C@@H]4[C@@]5(C)CC[C@H](OC(=O)CC(C)(C)C(=O)O)C(C)(C)[C@@H]5CC[C@]43C)[C@@H]12. The van der Waals surface area contributed by atoms with Gasteiger partial charge in [0.1, 0.15) is 6.10 Å². The van der Waals surface area contributed by atoms with Gasteiger partial charge in [-0.15, -0.1) is 0 Å². The molecule has 5 saturated carbocycles. The first-order valence-electron chi connectivity index (χ1n) is 16.4. The van der Waals surface area contributed by atoms with Crippen LogP contribution in [0.5, 0.6) is 0 Å². The third kappa shape index (κ3) is 4.10. The maximum atomic E-state index is 12.9. The third-order valence-corrected chi connectivity index (χ3v) is 14.9. The van der Waals surface area contributed by atoms with Gasteiger partial charge in [-0.25, -0.2) is 0 Å². The zero-order chi connectivity index (χ0) is 29.7. The molecule has 4 heteroatoms. The molecule has 0 radical (unpaired) electrons. The molecule has 40 heavy (non-hydrogen) atoms. The van der Waals surface area contributed by atoms with E-state index in [4.69, 9.17) is 4.74 Å². The number of allylic oxidation sites excluding steroid dienone is 1. The van der Waals surface area contributed by atoms with Gasteiger partial charge in [-0.05, 0) is 136 Å². The van der Waals surface area contributed by atoms with Gasteiger partial charge in [0.25, 0.3) is 0 Å². The number of rotatable bonds is 5. The fraction of sp³-hybridized carbons (Fsp3) is 0.889. The summed E-state index contributed by atoms with van der Waals surface area (Å²) < 4.78 is 6.14. The minimum atomic E-state index is -1.11. The van der Waals surface area contributed by atoms with Crippen LogP contribution in [0.4, 0.5) is 0 Å². The van der Waals surface area contributed by atoms with Crippen LogP contribution in [-0.4, -0.2) is 23.1 Å². The van der Waals surface area contributed by atoms with Crippen molar-refractivity contribution in [2.75, 3.05) is 0 Å². The molecule has 1 unspecified atom stereocenters. The Bertz CT molecular complexity index is 1070. The highest BCUT2D eigenvalue weighted by molar-refractivity contribution is 5.81. The lowest BCUT2D eigenvalue weighted by molar-refractivity contribution is -0.249. The third-order valence-electron chi connectivity index (χ3n) is 14.9. The molecule has 0 saturated heterocycles. The van der Waals surface area contributed by atoms with E-state index < -0.39 is 11.4 Å². The highest BCUT2D eigenvalue weighted by Crippen LogP contribution is 2.77. The summed E-state index contributed by atoms with van der Waals surface area (Å²) in [6.07, 6.45) is 12.3. The van der Waals surface area contributed by atoms with Crippen LogP contribution >= 0.6 is 0 Å². The minimum Gasteiger partial charge on any atom is -0.481 e. The average Bonchev–Trinajstić information content (AvgIpc) is 3.19. The lowest BCUT2D eigenvalue weighted by Crippen LogP contribution is -2.66. The van der Waals surface area contributed by atoms with Gasteiger partial charge >= 0.3 is 11.9 Å². The molecular weight excluding hydrogens is 496 g/mol. The minimum absolute atomic E-state index is 0.0808. The number of hydrogen-bond donors (Lipinski definition) is 1. The fourth-order valence-electron chi connectivity index (χ4n) is 12.3. The van der Waals surface area contributed by atoms with Crippen molar-refractivity contribution in [2.45, 2.75) is 139 Å². The van der Waals surface area contributed by atoms with E-state index in [0.717, 1.165) is 24.7 Å². The molecule has 0 spiro atoms. The van der Waals surface area contributed by atoms with E-state index in [1.165, 1.54) is 56.9 Å². The molecule has 4 nitrogen and oxygen atoms in total. The molecule has 10 atom stereocenters. The first-order valence-corrected chi connectivity index (χ1v) is 16.4. The molecule has 0 heterocycles. The highest BCUT2D eigenvalue weighted by atomic mass is 16.5. The molecule has 5 rings (SSSR count).